The fourth-order valence-corrected chi connectivity index (χ4v) is 2.46. The van der Waals surface area contributed by atoms with Gasteiger partial charge >= 0.3 is 0 Å². The molecule has 0 radical (unpaired) electrons. The van der Waals surface area contributed by atoms with E-state index < -0.39 is 0 Å². The standard InChI is InChI=1S/C15H11NS/c1-2-5-12(6-3-1)13-7-4-8-14(9-13)15-10-16-11-17-15/h1-11H. The van der Waals surface area contributed by atoms with E-state index in [1.54, 1.807) is 11.3 Å². The number of benzene rings is 2. The van der Waals surface area contributed by atoms with Crippen molar-refractivity contribution in [3.63, 3.8) is 0 Å². The van der Waals surface area contributed by atoms with Crippen LogP contribution < -0.4 is 0 Å². The Balaban J connectivity index is 2.06. The first-order valence-electron chi connectivity index (χ1n) is 5.48. The maximum absolute atomic E-state index is 4.12. The third-order valence-corrected chi connectivity index (χ3v) is 3.51. The van der Waals surface area contributed by atoms with Crippen LogP contribution in [0.25, 0.3) is 21.6 Å². The van der Waals surface area contributed by atoms with Crippen molar-refractivity contribution < 1.29 is 0 Å². The van der Waals surface area contributed by atoms with Gasteiger partial charge in [-0.05, 0) is 22.8 Å². The van der Waals surface area contributed by atoms with Gasteiger partial charge in [0.25, 0.3) is 0 Å². The molecule has 1 aromatic heterocycles. The van der Waals surface area contributed by atoms with Gasteiger partial charge in [0, 0.05) is 6.20 Å². The van der Waals surface area contributed by atoms with Gasteiger partial charge in [0.05, 0.1) is 10.4 Å². The van der Waals surface area contributed by atoms with Crippen molar-refractivity contribution in [3.8, 4) is 21.6 Å². The molecule has 3 aromatic rings. The van der Waals surface area contributed by atoms with Gasteiger partial charge in [-0.3, -0.25) is 4.98 Å². The molecular weight excluding hydrogens is 226 g/mol. The lowest BCUT2D eigenvalue weighted by atomic mass is 10.0. The Morgan fingerprint density at radius 2 is 1.53 bits per heavy atom. The van der Waals surface area contributed by atoms with Crippen LogP contribution in [-0.2, 0) is 0 Å². The van der Waals surface area contributed by atoms with Crippen LogP contribution >= 0.6 is 11.3 Å². The minimum Gasteiger partial charge on any atom is -0.252 e. The van der Waals surface area contributed by atoms with E-state index in [-0.39, 0.29) is 0 Å². The molecule has 0 bridgehead atoms. The fraction of sp³-hybridized carbons (Fsp3) is 0. The van der Waals surface area contributed by atoms with Crippen LogP contribution in [0.5, 0.6) is 0 Å². The minimum atomic E-state index is 1.21. The number of aromatic nitrogens is 1. The second kappa shape index (κ2) is 4.52. The van der Waals surface area contributed by atoms with Gasteiger partial charge in [0.15, 0.2) is 0 Å². The van der Waals surface area contributed by atoms with E-state index >= 15 is 0 Å². The summed E-state index contributed by atoms with van der Waals surface area (Å²) < 4.78 is 0. The molecule has 0 atom stereocenters. The second-order valence-corrected chi connectivity index (χ2v) is 4.70. The molecule has 3 rings (SSSR count). The number of rotatable bonds is 2. The average Bonchev–Trinajstić information content (AvgIpc) is 2.94. The zero-order valence-corrected chi connectivity index (χ0v) is 10.0. The van der Waals surface area contributed by atoms with Crippen LogP contribution in [0.2, 0.25) is 0 Å². The van der Waals surface area contributed by atoms with E-state index in [0.717, 1.165) is 0 Å². The minimum absolute atomic E-state index is 1.21. The topological polar surface area (TPSA) is 12.9 Å². The van der Waals surface area contributed by atoms with Gasteiger partial charge < -0.3 is 0 Å². The summed E-state index contributed by atoms with van der Waals surface area (Å²) >= 11 is 1.67. The zero-order chi connectivity index (χ0) is 11.5. The first kappa shape index (κ1) is 10.2. The Morgan fingerprint density at radius 1 is 0.765 bits per heavy atom. The summed E-state index contributed by atoms with van der Waals surface area (Å²) in [7, 11) is 0. The van der Waals surface area contributed by atoms with Crippen molar-refractivity contribution >= 4 is 11.3 Å². The zero-order valence-electron chi connectivity index (χ0n) is 9.21. The van der Waals surface area contributed by atoms with Crippen LogP contribution in [0.15, 0.2) is 66.3 Å². The van der Waals surface area contributed by atoms with Crippen LogP contribution in [0.1, 0.15) is 0 Å². The van der Waals surface area contributed by atoms with Gasteiger partial charge in [-0.25, -0.2) is 0 Å². The van der Waals surface area contributed by atoms with Gasteiger partial charge in [-0.1, -0.05) is 48.5 Å². The molecule has 0 aliphatic carbocycles. The highest BCUT2D eigenvalue weighted by molar-refractivity contribution is 7.13. The van der Waals surface area contributed by atoms with Crippen molar-refractivity contribution in [2.45, 2.75) is 0 Å². The summed E-state index contributed by atoms with van der Waals surface area (Å²) in [5, 5.41) is 0. The molecule has 0 amide bonds. The monoisotopic (exact) mass is 237 g/mol. The molecule has 0 unspecified atom stereocenters. The molecule has 1 nitrogen and oxygen atoms in total. The first-order chi connectivity index (χ1) is 8.43. The summed E-state index contributed by atoms with van der Waals surface area (Å²) in [5.41, 5.74) is 5.59. The molecule has 17 heavy (non-hydrogen) atoms. The maximum Gasteiger partial charge on any atom is 0.0797 e. The molecule has 1 heterocycles. The highest BCUT2D eigenvalue weighted by Crippen LogP contribution is 2.28. The van der Waals surface area contributed by atoms with E-state index in [9.17, 15) is 0 Å². The van der Waals surface area contributed by atoms with E-state index in [1.807, 2.05) is 17.8 Å². The van der Waals surface area contributed by atoms with Crippen molar-refractivity contribution in [1.29, 1.82) is 0 Å². The third-order valence-electron chi connectivity index (χ3n) is 2.69. The molecule has 0 saturated heterocycles. The smallest absolute Gasteiger partial charge is 0.0797 e. The Labute approximate surface area is 104 Å². The Bertz CT molecular complexity index is 600. The van der Waals surface area contributed by atoms with Crippen molar-refractivity contribution in [2.75, 3.05) is 0 Å². The van der Waals surface area contributed by atoms with Crippen LogP contribution in [0, 0.1) is 0 Å². The molecule has 82 valence electrons. The largest absolute Gasteiger partial charge is 0.252 e. The van der Waals surface area contributed by atoms with Gasteiger partial charge in [-0.15, -0.1) is 11.3 Å². The maximum atomic E-state index is 4.12. The molecule has 2 heteroatoms. The molecular formula is C15H11NS. The Morgan fingerprint density at radius 3 is 2.29 bits per heavy atom. The summed E-state index contributed by atoms with van der Waals surface area (Å²) in [4.78, 5) is 5.33. The van der Waals surface area contributed by atoms with Gasteiger partial charge in [0.2, 0.25) is 0 Å². The molecule has 0 fully saturated rings. The molecule has 0 aliphatic heterocycles. The quantitative estimate of drug-likeness (QED) is 0.640. The molecule has 0 aliphatic rings. The lowest BCUT2D eigenvalue weighted by molar-refractivity contribution is 1.42. The summed E-state index contributed by atoms with van der Waals surface area (Å²) in [6.07, 6.45) is 1.91. The molecule has 0 saturated carbocycles. The van der Waals surface area contributed by atoms with Gasteiger partial charge in [0.1, 0.15) is 0 Å². The SMILES string of the molecule is c1ccc(-c2cccc(-c3cncs3)c2)cc1. The van der Waals surface area contributed by atoms with E-state index in [1.165, 1.54) is 21.6 Å². The molecule has 0 spiro atoms. The predicted octanol–water partition coefficient (Wildman–Crippen LogP) is 4.48. The summed E-state index contributed by atoms with van der Waals surface area (Å²) in [6.45, 7) is 0. The Hall–Kier alpha value is -1.93. The predicted molar refractivity (Wildman–Crippen MR) is 73.0 cm³/mol. The van der Waals surface area contributed by atoms with Crippen LogP contribution in [-0.4, -0.2) is 4.98 Å². The second-order valence-electron chi connectivity index (χ2n) is 3.81. The van der Waals surface area contributed by atoms with Crippen LogP contribution in [0.3, 0.4) is 0 Å². The molecule has 0 N–H and O–H groups in total. The van der Waals surface area contributed by atoms with Gasteiger partial charge in [-0.2, -0.15) is 0 Å². The fourth-order valence-electron chi connectivity index (χ4n) is 1.84. The lowest BCUT2D eigenvalue weighted by Gasteiger charge is -2.03. The number of nitrogens with zero attached hydrogens (tertiary/aromatic N) is 1. The van der Waals surface area contributed by atoms with E-state index in [0.29, 0.717) is 0 Å². The van der Waals surface area contributed by atoms with Crippen LogP contribution in [0.4, 0.5) is 0 Å². The summed E-state index contributed by atoms with van der Waals surface area (Å²) in [5.74, 6) is 0. The average molecular weight is 237 g/mol. The normalized spacial score (nSPS) is 10.4. The van der Waals surface area contributed by atoms with Crippen molar-refractivity contribution in [2.24, 2.45) is 0 Å². The third kappa shape index (κ3) is 2.12. The number of hydrogen-bond donors (Lipinski definition) is 0. The Kier molecular flexibility index (Phi) is 2.72. The first-order valence-corrected chi connectivity index (χ1v) is 6.36. The highest BCUT2D eigenvalue weighted by Gasteiger charge is 2.01. The van der Waals surface area contributed by atoms with Crippen molar-refractivity contribution in [1.82, 2.24) is 4.98 Å². The van der Waals surface area contributed by atoms with E-state index in [4.69, 9.17) is 0 Å². The number of thiazole rings is 1. The number of hydrogen-bond acceptors (Lipinski definition) is 2. The highest BCUT2D eigenvalue weighted by atomic mass is 32.1. The van der Waals surface area contributed by atoms with Crippen molar-refractivity contribution in [3.05, 3.63) is 66.3 Å². The van der Waals surface area contributed by atoms with E-state index in [2.05, 4.69) is 53.5 Å². The molecule has 2 aromatic carbocycles. The summed E-state index contributed by atoms with van der Waals surface area (Å²) in [6, 6.07) is 19.0. The lowest BCUT2D eigenvalue weighted by Crippen LogP contribution is -1.78.